The van der Waals surface area contributed by atoms with Crippen molar-refractivity contribution in [2.24, 2.45) is 11.7 Å². The van der Waals surface area contributed by atoms with Gasteiger partial charge in [0.25, 0.3) is 5.91 Å². The fourth-order valence-corrected chi connectivity index (χ4v) is 2.86. The number of carbonyl (C=O) groups is 2. The Balaban J connectivity index is 1.84. The van der Waals surface area contributed by atoms with E-state index in [1.165, 1.54) is 11.0 Å². The predicted molar refractivity (Wildman–Crippen MR) is 89.1 cm³/mol. The quantitative estimate of drug-likeness (QED) is 0.756. The maximum atomic E-state index is 12.5. The maximum absolute atomic E-state index is 12.5. The lowest BCUT2D eigenvalue weighted by molar-refractivity contribution is -0.0680. The van der Waals surface area contributed by atoms with Gasteiger partial charge < -0.3 is 19.9 Å². The van der Waals surface area contributed by atoms with Crippen molar-refractivity contribution in [1.29, 1.82) is 0 Å². The summed E-state index contributed by atoms with van der Waals surface area (Å²) in [5.41, 5.74) is 5.63. The Bertz CT molecular complexity index is 778. The van der Waals surface area contributed by atoms with Crippen LogP contribution in [0.1, 0.15) is 34.1 Å². The molecule has 1 aromatic carbocycles. The summed E-state index contributed by atoms with van der Waals surface area (Å²) in [5.74, 6) is -1.51. The standard InChI is InChI=1S/C17H20N4O5/c1-10-12(8-24-2)25-16(21-9-19-15(20-21)14(18)22)13(10)26-17(23)11-6-4-3-5-7-11/h3-7,9-10,12-13,16H,8H2,1-2H3,(H2,18,22)/t10-,12-,13-,16-/m1/s1. The first-order valence-electron chi connectivity index (χ1n) is 8.12. The topological polar surface area (TPSA) is 119 Å². The smallest absolute Gasteiger partial charge is 0.338 e. The Labute approximate surface area is 150 Å². The second kappa shape index (κ2) is 7.63. The summed E-state index contributed by atoms with van der Waals surface area (Å²) in [5, 5.41) is 4.02. The van der Waals surface area contributed by atoms with Gasteiger partial charge in [-0.2, -0.15) is 0 Å². The number of aromatic nitrogens is 3. The molecule has 1 saturated heterocycles. The van der Waals surface area contributed by atoms with Crippen LogP contribution in [0.25, 0.3) is 0 Å². The van der Waals surface area contributed by atoms with Crippen LogP contribution in [0, 0.1) is 5.92 Å². The Hall–Kier alpha value is -2.78. The van der Waals surface area contributed by atoms with Crippen LogP contribution in [0.5, 0.6) is 0 Å². The average molecular weight is 360 g/mol. The number of hydrogen-bond donors (Lipinski definition) is 1. The molecule has 1 fully saturated rings. The first kappa shape index (κ1) is 18.0. The van der Waals surface area contributed by atoms with Crippen molar-refractivity contribution in [2.75, 3.05) is 13.7 Å². The van der Waals surface area contributed by atoms with Gasteiger partial charge in [0, 0.05) is 13.0 Å². The van der Waals surface area contributed by atoms with Crippen LogP contribution in [-0.2, 0) is 14.2 Å². The molecule has 0 spiro atoms. The Morgan fingerprint density at radius 1 is 1.31 bits per heavy atom. The molecule has 1 aromatic heterocycles. The first-order chi connectivity index (χ1) is 12.5. The van der Waals surface area contributed by atoms with E-state index in [2.05, 4.69) is 10.1 Å². The summed E-state index contributed by atoms with van der Waals surface area (Å²) in [6, 6.07) is 8.67. The van der Waals surface area contributed by atoms with Crippen LogP contribution in [0.4, 0.5) is 0 Å². The second-order valence-electron chi connectivity index (χ2n) is 6.03. The summed E-state index contributed by atoms with van der Waals surface area (Å²) in [7, 11) is 1.56. The van der Waals surface area contributed by atoms with E-state index in [-0.39, 0.29) is 17.8 Å². The van der Waals surface area contributed by atoms with E-state index in [4.69, 9.17) is 19.9 Å². The molecular formula is C17H20N4O5. The molecule has 0 bridgehead atoms. The molecule has 2 aromatic rings. The van der Waals surface area contributed by atoms with Gasteiger partial charge in [0.05, 0.1) is 18.3 Å². The van der Waals surface area contributed by atoms with E-state index < -0.39 is 24.2 Å². The second-order valence-corrected chi connectivity index (χ2v) is 6.03. The number of primary amides is 1. The van der Waals surface area contributed by atoms with E-state index in [9.17, 15) is 9.59 Å². The van der Waals surface area contributed by atoms with Gasteiger partial charge in [-0.3, -0.25) is 4.79 Å². The largest absolute Gasteiger partial charge is 0.453 e. The van der Waals surface area contributed by atoms with Crippen molar-refractivity contribution in [3.63, 3.8) is 0 Å². The fraction of sp³-hybridized carbons (Fsp3) is 0.412. The van der Waals surface area contributed by atoms with Crippen molar-refractivity contribution >= 4 is 11.9 Å². The molecule has 4 atom stereocenters. The van der Waals surface area contributed by atoms with Crippen molar-refractivity contribution in [3.8, 4) is 0 Å². The molecule has 0 radical (unpaired) electrons. The van der Waals surface area contributed by atoms with Crippen LogP contribution in [0.2, 0.25) is 0 Å². The highest BCUT2D eigenvalue weighted by Gasteiger charge is 2.46. The fourth-order valence-electron chi connectivity index (χ4n) is 2.86. The van der Waals surface area contributed by atoms with Gasteiger partial charge in [0.1, 0.15) is 6.33 Å². The molecule has 0 aliphatic carbocycles. The molecule has 0 unspecified atom stereocenters. The van der Waals surface area contributed by atoms with Crippen molar-refractivity contribution in [1.82, 2.24) is 14.8 Å². The van der Waals surface area contributed by atoms with Crippen LogP contribution in [0.15, 0.2) is 36.7 Å². The minimum Gasteiger partial charge on any atom is -0.453 e. The number of nitrogens with two attached hydrogens (primary N) is 1. The Morgan fingerprint density at radius 2 is 2.04 bits per heavy atom. The first-order valence-corrected chi connectivity index (χ1v) is 8.12. The van der Waals surface area contributed by atoms with Crippen LogP contribution in [0.3, 0.4) is 0 Å². The number of methoxy groups -OCH3 is 1. The third kappa shape index (κ3) is 3.58. The molecule has 1 aliphatic rings. The van der Waals surface area contributed by atoms with Crippen molar-refractivity contribution in [3.05, 3.63) is 48.0 Å². The van der Waals surface area contributed by atoms with Crippen LogP contribution < -0.4 is 5.73 Å². The number of ether oxygens (including phenoxy) is 3. The highest BCUT2D eigenvalue weighted by molar-refractivity contribution is 5.89. The molecule has 2 heterocycles. The lowest BCUT2D eigenvalue weighted by atomic mass is 10.0. The van der Waals surface area contributed by atoms with Gasteiger partial charge in [-0.25, -0.2) is 14.5 Å². The summed E-state index contributed by atoms with van der Waals surface area (Å²) < 4.78 is 18.2. The molecule has 9 nitrogen and oxygen atoms in total. The summed E-state index contributed by atoms with van der Waals surface area (Å²) in [6.07, 6.45) is -0.348. The number of amides is 1. The third-order valence-electron chi connectivity index (χ3n) is 4.27. The molecule has 2 N–H and O–H groups in total. The number of carbonyl (C=O) groups excluding carboxylic acids is 2. The SMILES string of the molecule is COC[C@H]1O[C@@H](n2cnc(C(N)=O)n2)[C@H](OC(=O)c2ccccc2)[C@@H]1C. The number of rotatable bonds is 6. The minimum atomic E-state index is -0.749. The van der Waals surface area contributed by atoms with Crippen LogP contribution >= 0.6 is 0 Å². The lowest BCUT2D eigenvalue weighted by Crippen LogP contribution is -2.31. The molecule has 138 valence electrons. The van der Waals surface area contributed by atoms with E-state index in [1.54, 1.807) is 31.4 Å². The minimum absolute atomic E-state index is 0.135. The number of esters is 1. The van der Waals surface area contributed by atoms with E-state index in [0.29, 0.717) is 12.2 Å². The third-order valence-corrected chi connectivity index (χ3v) is 4.27. The molecule has 26 heavy (non-hydrogen) atoms. The van der Waals surface area contributed by atoms with E-state index >= 15 is 0 Å². The van der Waals surface area contributed by atoms with Crippen molar-refractivity contribution in [2.45, 2.75) is 25.4 Å². The van der Waals surface area contributed by atoms with Gasteiger partial charge in [-0.05, 0) is 12.1 Å². The van der Waals surface area contributed by atoms with Crippen molar-refractivity contribution < 1.29 is 23.8 Å². The highest BCUT2D eigenvalue weighted by atomic mass is 16.6. The highest BCUT2D eigenvalue weighted by Crippen LogP contribution is 2.36. The van der Waals surface area contributed by atoms with E-state index in [0.717, 1.165) is 0 Å². The zero-order valence-electron chi connectivity index (χ0n) is 14.4. The van der Waals surface area contributed by atoms with Gasteiger partial charge in [-0.1, -0.05) is 25.1 Å². The average Bonchev–Trinajstić information content (AvgIpc) is 3.23. The monoisotopic (exact) mass is 360 g/mol. The molecule has 3 rings (SSSR count). The maximum Gasteiger partial charge on any atom is 0.338 e. The van der Waals surface area contributed by atoms with Gasteiger partial charge in [0.2, 0.25) is 5.82 Å². The molecule has 9 heteroatoms. The zero-order valence-corrected chi connectivity index (χ0v) is 14.4. The van der Waals surface area contributed by atoms with E-state index in [1.807, 2.05) is 13.0 Å². The molecule has 1 aliphatic heterocycles. The summed E-state index contributed by atoms with van der Waals surface area (Å²) in [6.45, 7) is 2.23. The number of hydrogen-bond acceptors (Lipinski definition) is 7. The summed E-state index contributed by atoms with van der Waals surface area (Å²) in [4.78, 5) is 27.6. The molecular weight excluding hydrogens is 340 g/mol. The lowest BCUT2D eigenvalue weighted by Gasteiger charge is -2.21. The normalized spacial score (nSPS) is 25.2. The molecule has 0 saturated carbocycles. The van der Waals surface area contributed by atoms with Gasteiger partial charge in [0.15, 0.2) is 12.3 Å². The van der Waals surface area contributed by atoms with Crippen LogP contribution in [-0.4, -0.2) is 52.6 Å². The number of nitrogens with zero attached hydrogens (tertiary/aromatic N) is 3. The van der Waals surface area contributed by atoms with Gasteiger partial charge in [-0.15, -0.1) is 5.10 Å². The zero-order chi connectivity index (χ0) is 18.7. The predicted octanol–water partition coefficient (Wildman–Crippen LogP) is 0.783. The summed E-state index contributed by atoms with van der Waals surface area (Å²) >= 11 is 0. The van der Waals surface area contributed by atoms with Gasteiger partial charge >= 0.3 is 5.97 Å². The Kier molecular flexibility index (Phi) is 5.29. The molecule has 1 amide bonds. The number of benzene rings is 1. The Morgan fingerprint density at radius 3 is 2.65 bits per heavy atom.